The summed E-state index contributed by atoms with van der Waals surface area (Å²) in [5.41, 5.74) is -1.37. The standard InChI is InChI=1S/C16H12F3NO3/c1-10(21)23-14-9-5-2-6-11(14)15(22)20-13-8-4-3-7-12(13)16(17,18)19/h2-9H,1H3,(H,20,22). The van der Waals surface area contributed by atoms with E-state index < -0.39 is 23.6 Å². The number of carbonyl (C=O) groups excluding carboxylic acids is 2. The Bertz CT molecular complexity index is 741. The Morgan fingerprint density at radius 2 is 1.61 bits per heavy atom. The zero-order chi connectivity index (χ0) is 17.0. The van der Waals surface area contributed by atoms with E-state index in [2.05, 4.69) is 5.32 Å². The number of hydrogen-bond acceptors (Lipinski definition) is 3. The second kappa shape index (κ2) is 6.51. The number of alkyl halides is 3. The van der Waals surface area contributed by atoms with Gasteiger partial charge in [0.05, 0.1) is 16.8 Å². The number of amides is 1. The highest BCUT2D eigenvalue weighted by atomic mass is 19.4. The fraction of sp³-hybridized carbons (Fsp3) is 0.125. The Balaban J connectivity index is 2.33. The first-order chi connectivity index (χ1) is 10.8. The topological polar surface area (TPSA) is 55.4 Å². The monoisotopic (exact) mass is 323 g/mol. The number of carbonyl (C=O) groups is 2. The van der Waals surface area contributed by atoms with E-state index in [0.29, 0.717) is 0 Å². The normalized spacial score (nSPS) is 11.0. The van der Waals surface area contributed by atoms with Crippen molar-refractivity contribution in [2.24, 2.45) is 0 Å². The molecule has 0 spiro atoms. The van der Waals surface area contributed by atoms with Crippen molar-refractivity contribution in [2.75, 3.05) is 5.32 Å². The summed E-state index contributed by atoms with van der Waals surface area (Å²) in [5.74, 6) is -1.47. The van der Waals surface area contributed by atoms with Crippen molar-refractivity contribution in [3.63, 3.8) is 0 Å². The summed E-state index contributed by atoms with van der Waals surface area (Å²) in [6.45, 7) is 1.16. The minimum Gasteiger partial charge on any atom is -0.426 e. The lowest BCUT2D eigenvalue weighted by Crippen LogP contribution is -2.18. The van der Waals surface area contributed by atoms with Gasteiger partial charge in [-0.2, -0.15) is 13.2 Å². The summed E-state index contributed by atoms with van der Waals surface area (Å²) in [6.07, 6.45) is -4.60. The first kappa shape index (κ1) is 16.5. The maximum atomic E-state index is 12.9. The molecule has 120 valence electrons. The van der Waals surface area contributed by atoms with Crippen LogP contribution in [0.2, 0.25) is 0 Å². The summed E-state index contributed by atoms with van der Waals surface area (Å²) < 4.78 is 43.7. The lowest BCUT2D eigenvalue weighted by molar-refractivity contribution is -0.137. The highest BCUT2D eigenvalue weighted by molar-refractivity contribution is 6.06. The van der Waals surface area contributed by atoms with Crippen molar-refractivity contribution in [2.45, 2.75) is 13.1 Å². The molecule has 0 saturated heterocycles. The van der Waals surface area contributed by atoms with E-state index in [0.717, 1.165) is 19.1 Å². The van der Waals surface area contributed by atoms with E-state index in [4.69, 9.17) is 4.74 Å². The van der Waals surface area contributed by atoms with Gasteiger partial charge in [0.25, 0.3) is 5.91 Å². The molecule has 1 amide bonds. The van der Waals surface area contributed by atoms with Crippen LogP contribution < -0.4 is 10.1 Å². The second-order valence-electron chi connectivity index (χ2n) is 4.59. The summed E-state index contributed by atoms with van der Waals surface area (Å²) in [7, 11) is 0. The third-order valence-electron chi connectivity index (χ3n) is 2.87. The van der Waals surface area contributed by atoms with Gasteiger partial charge in [0.15, 0.2) is 0 Å². The van der Waals surface area contributed by atoms with Gasteiger partial charge in [-0.15, -0.1) is 0 Å². The average molecular weight is 323 g/mol. The number of benzene rings is 2. The van der Waals surface area contributed by atoms with Gasteiger partial charge in [-0.05, 0) is 24.3 Å². The molecule has 2 aromatic carbocycles. The summed E-state index contributed by atoms with van der Waals surface area (Å²) >= 11 is 0. The number of nitrogens with one attached hydrogen (secondary N) is 1. The van der Waals surface area contributed by atoms with Crippen molar-refractivity contribution in [3.8, 4) is 5.75 Å². The van der Waals surface area contributed by atoms with Crippen LogP contribution in [0.15, 0.2) is 48.5 Å². The number of halogens is 3. The van der Waals surface area contributed by atoms with Crippen LogP contribution in [0.3, 0.4) is 0 Å². The predicted octanol–water partition coefficient (Wildman–Crippen LogP) is 3.88. The molecule has 0 heterocycles. The fourth-order valence-corrected chi connectivity index (χ4v) is 1.93. The Hall–Kier alpha value is -2.83. The molecule has 4 nitrogen and oxygen atoms in total. The highest BCUT2D eigenvalue weighted by Gasteiger charge is 2.33. The third kappa shape index (κ3) is 4.09. The summed E-state index contributed by atoms with van der Waals surface area (Å²) in [5, 5.41) is 2.20. The van der Waals surface area contributed by atoms with E-state index in [9.17, 15) is 22.8 Å². The van der Waals surface area contributed by atoms with Crippen LogP contribution in [0.4, 0.5) is 18.9 Å². The van der Waals surface area contributed by atoms with Crippen LogP contribution in [0.25, 0.3) is 0 Å². The molecule has 2 aromatic rings. The van der Waals surface area contributed by atoms with Gasteiger partial charge < -0.3 is 10.1 Å². The first-order valence-electron chi connectivity index (χ1n) is 6.54. The number of rotatable bonds is 3. The number of ether oxygens (including phenoxy) is 1. The van der Waals surface area contributed by atoms with E-state index in [1.807, 2.05) is 0 Å². The molecular formula is C16H12F3NO3. The molecule has 0 unspecified atom stereocenters. The summed E-state index contributed by atoms with van der Waals surface area (Å²) in [4.78, 5) is 23.3. The minimum atomic E-state index is -4.60. The predicted molar refractivity (Wildman–Crippen MR) is 77.1 cm³/mol. The highest BCUT2D eigenvalue weighted by Crippen LogP contribution is 2.35. The van der Waals surface area contributed by atoms with Gasteiger partial charge >= 0.3 is 12.1 Å². The first-order valence-corrected chi connectivity index (χ1v) is 6.54. The molecule has 0 fully saturated rings. The van der Waals surface area contributed by atoms with Crippen LogP contribution in [-0.4, -0.2) is 11.9 Å². The summed E-state index contributed by atoms with van der Waals surface area (Å²) in [6, 6.07) is 10.4. The van der Waals surface area contributed by atoms with Gasteiger partial charge in [-0.3, -0.25) is 9.59 Å². The Labute approximate surface area is 129 Å². The quantitative estimate of drug-likeness (QED) is 0.689. The van der Waals surface area contributed by atoms with Crippen LogP contribution >= 0.6 is 0 Å². The average Bonchev–Trinajstić information content (AvgIpc) is 2.46. The molecule has 0 aromatic heterocycles. The maximum absolute atomic E-state index is 12.9. The van der Waals surface area contributed by atoms with Gasteiger partial charge in [0, 0.05) is 6.92 Å². The molecule has 0 atom stereocenters. The van der Waals surface area contributed by atoms with Crippen molar-refractivity contribution in [1.82, 2.24) is 0 Å². The Kier molecular flexibility index (Phi) is 4.68. The third-order valence-corrected chi connectivity index (χ3v) is 2.87. The smallest absolute Gasteiger partial charge is 0.418 e. The largest absolute Gasteiger partial charge is 0.426 e. The van der Waals surface area contributed by atoms with E-state index >= 15 is 0 Å². The SMILES string of the molecule is CC(=O)Oc1ccccc1C(=O)Nc1ccccc1C(F)(F)F. The lowest BCUT2D eigenvalue weighted by Gasteiger charge is -2.14. The number of hydrogen-bond donors (Lipinski definition) is 1. The number of anilines is 1. The molecular weight excluding hydrogens is 311 g/mol. The Morgan fingerprint density at radius 3 is 2.26 bits per heavy atom. The zero-order valence-electron chi connectivity index (χ0n) is 12.0. The van der Waals surface area contributed by atoms with Crippen molar-refractivity contribution in [3.05, 3.63) is 59.7 Å². The zero-order valence-corrected chi connectivity index (χ0v) is 12.0. The molecule has 23 heavy (non-hydrogen) atoms. The Morgan fingerprint density at radius 1 is 1.00 bits per heavy atom. The van der Waals surface area contributed by atoms with Gasteiger partial charge in [-0.25, -0.2) is 0 Å². The van der Waals surface area contributed by atoms with Gasteiger partial charge in [-0.1, -0.05) is 24.3 Å². The molecule has 0 bridgehead atoms. The number of esters is 1. The molecule has 0 aliphatic heterocycles. The molecule has 0 radical (unpaired) electrons. The molecule has 0 aliphatic carbocycles. The van der Waals surface area contributed by atoms with E-state index in [1.54, 1.807) is 6.07 Å². The van der Waals surface area contributed by atoms with Crippen LogP contribution in [0.1, 0.15) is 22.8 Å². The number of para-hydroxylation sites is 2. The van der Waals surface area contributed by atoms with Crippen LogP contribution in [-0.2, 0) is 11.0 Å². The lowest BCUT2D eigenvalue weighted by atomic mass is 10.1. The second-order valence-corrected chi connectivity index (χ2v) is 4.59. The maximum Gasteiger partial charge on any atom is 0.418 e. The van der Waals surface area contributed by atoms with E-state index in [1.165, 1.54) is 30.3 Å². The fourth-order valence-electron chi connectivity index (χ4n) is 1.93. The molecule has 0 aliphatic rings. The van der Waals surface area contributed by atoms with Gasteiger partial charge in [0.2, 0.25) is 0 Å². The van der Waals surface area contributed by atoms with Crippen LogP contribution in [0.5, 0.6) is 5.75 Å². The van der Waals surface area contributed by atoms with Crippen molar-refractivity contribution < 1.29 is 27.5 Å². The van der Waals surface area contributed by atoms with Crippen molar-refractivity contribution >= 4 is 17.6 Å². The minimum absolute atomic E-state index is 0.0259. The molecule has 7 heteroatoms. The van der Waals surface area contributed by atoms with Crippen LogP contribution in [0, 0.1) is 0 Å². The molecule has 0 saturated carbocycles. The molecule has 1 N–H and O–H groups in total. The van der Waals surface area contributed by atoms with Crippen molar-refractivity contribution in [1.29, 1.82) is 0 Å². The molecule has 2 rings (SSSR count). The van der Waals surface area contributed by atoms with E-state index in [-0.39, 0.29) is 17.0 Å². The van der Waals surface area contributed by atoms with Gasteiger partial charge in [0.1, 0.15) is 5.75 Å².